The Morgan fingerprint density at radius 2 is 0.918 bits per heavy atom. The van der Waals surface area contributed by atoms with Crippen molar-refractivity contribution in [3.63, 3.8) is 0 Å². The highest BCUT2D eigenvalue weighted by Crippen LogP contribution is 2.52. The lowest BCUT2D eigenvalue weighted by atomic mass is 9.91. The number of hydrogen-bond acceptors (Lipinski definition) is 2. The van der Waals surface area contributed by atoms with E-state index in [1.165, 1.54) is 105 Å². The number of para-hydroxylation sites is 1. The Morgan fingerprint density at radius 3 is 1.77 bits per heavy atom. The third-order valence-electron chi connectivity index (χ3n) is 15.3. The van der Waals surface area contributed by atoms with Gasteiger partial charge in [-0.05, 0) is 155 Å². The Bertz CT molecular complexity index is 4140. The molecule has 0 fully saturated rings. The zero-order chi connectivity index (χ0) is 48.2. The molecular weight excluding hydrogens is 881 g/mol. The van der Waals surface area contributed by atoms with Crippen molar-refractivity contribution in [3.05, 3.63) is 285 Å². The molecule has 2 heteroatoms. The van der Waals surface area contributed by atoms with Crippen LogP contribution in [0.2, 0.25) is 0 Å². The Morgan fingerprint density at radius 1 is 0.315 bits per heavy atom. The van der Waals surface area contributed by atoms with Gasteiger partial charge in [-0.25, -0.2) is 0 Å². The molecule has 1 aliphatic carbocycles. The van der Waals surface area contributed by atoms with Gasteiger partial charge < -0.3 is 9.80 Å². The Balaban J connectivity index is 0.950. The fourth-order valence-corrected chi connectivity index (χ4v) is 12.0. The van der Waals surface area contributed by atoms with Gasteiger partial charge in [0, 0.05) is 39.9 Å². The second-order valence-corrected chi connectivity index (χ2v) is 19.5. The average Bonchev–Trinajstić information content (AvgIpc) is 3.56. The molecule has 2 unspecified atom stereocenters. The summed E-state index contributed by atoms with van der Waals surface area (Å²) >= 11 is 0. The third-order valence-corrected chi connectivity index (χ3v) is 15.3. The van der Waals surface area contributed by atoms with Crippen LogP contribution in [0.1, 0.15) is 17.9 Å². The highest BCUT2D eigenvalue weighted by Gasteiger charge is 2.38. The zero-order valence-corrected chi connectivity index (χ0v) is 40.3. The lowest BCUT2D eigenvalue weighted by Crippen LogP contribution is -2.27. The quantitative estimate of drug-likeness (QED) is 0.111. The minimum Gasteiger partial charge on any atom is -0.333 e. The predicted molar refractivity (Wildman–Crippen MR) is 311 cm³/mol. The predicted octanol–water partition coefficient (Wildman–Crippen LogP) is 19.6. The largest absolute Gasteiger partial charge is 0.333 e. The van der Waals surface area contributed by atoms with Crippen molar-refractivity contribution in [2.75, 3.05) is 9.80 Å². The number of nitrogens with zero attached hydrogens (tertiary/aromatic N) is 2. The van der Waals surface area contributed by atoms with E-state index in [2.05, 4.69) is 289 Å². The minimum absolute atomic E-state index is 0.145. The maximum atomic E-state index is 2.61. The van der Waals surface area contributed by atoms with E-state index in [4.69, 9.17) is 0 Å². The first-order valence-electron chi connectivity index (χ1n) is 25.6. The molecule has 0 spiro atoms. The summed E-state index contributed by atoms with van der Waals surface area (Å²) in [6, 6.07) is 94.4. The van der Waals surface area contributed by atoms with Gasteiger partial charge in [0.15, 0.2) is 0 Å². The van der Waals surface area contributed by atoms with E-state index in [0.29, 0.717) is 0 Å². The van der Waals surface area contributed by atoms with E-state index in [-0.39, 0.29) is 12.0 Å². The number of rotatable bonds is 8. The number of benzene rings is 12. The standard InChI is InChI=1S/C71H50N2/c1-3-19-49(20-4-1)67-47-57(41-42-63(67)64-33-15-16-36-69(64)73-70-35-6-2-5-32-65(70)68-44-51-22-7-8-23-52(51)46-71(68)73)72(56-27-17-26-53(43-56)59-34-18-25-48-21-9-11-28-58(48)59)55-39-37-50(38-40-55)66-45-54-24-10-12-29-60(54)61-30-13-14-31-62(61)66/h1,3-47,65,70H,2H2. The van der Waals surface area contributed by atoms with Crippen molar-refractivity contribution >= 4 is 71.5 Å². The first kappa shape index (κ1) is 42.6. The molecule has 1 heterocycles. The van der Waals surface area contributed by atoms with Crippen molar-refractivity contribution in [1.82, 2.24) is 0 Å². The van der Waals surface area contributed by atoms with Gasteiger partial charge >= 0.3 is 0 Å². The van der Waals surface area contributed by atoms with Gasteiger partial charge in [0.05, 0.1) is 6.04 Å². The molecule has 0 saturated carbocycles. The normalized spacial score (nSPS) is 14.9. The van der Waals surface area contributed by atoms with Crippen LogP contribution in [0, 0.1) is 0 Å². The molecule has 12 aromatic carbocycles. The van der Waals surface area contributed by atoms with E-state index < -0.39 is 0 Å². The van der Waals surface area contributed by atoms with E-state index >= 15 is 0 Å². The lowest BCUT2D eigenvalue weighted by Gasteiger charge is -2.31. The summed E-state index contributed by atoms with van der Waals surface area (Å²) in [5, 5.41) is 10.1. The highest BCUT2D eigenvalue weighted by molar-refractivity contribution is 6.14. The smallest absolute Gasteiger partial charge is 0.0626 e. The van der Waals surface area contributed by atoms with E-state index in [9.17, 15) is 0 Å². The summed E-state index contributed by atoms with van der Waals surface area (Å²) in [5.74, 6) is 0.243. The molecule has 344 valence electrons. The number of allylic oxidation sites excluding steroid dienone is 2. The van der Waals surface area contributed by atoms with Crippen LogP contribution in [0.25, 0.3) is 87.6 Å². The maximum Gasteiger partial charge on any atom is 0.0626 e. The molecule has 2 aliphatic rings. The van der Waals surface area contributed by atoms with Gasteiger partial charge in [0.1, 0.15) is 0 Å². The van der Waals surface area contributed by atoms with Crippen LogP contribution in [-0.2, 0) is 0 Å². The van der Waals surface area contributed by atoms with Crippen molar-refractivity contribution in [2.45, 2.75) is 18.4 Å². The molecule has 0 aromatic heterocycles. The molecule has 12 aromatic rings. The first-order valence-corrected chi connectivity index (χ1v) is 25.6. The summed E-state index contributed by atoms with van der Waals surface area (Å²) in [4.78, 5) is 5.05. The monoisotopic (exact) mass is 930 g/mol. The molecule has 0 saturated heterocycles. The van der Waals surface area contributed by atoms with E-state index in [0.717, 1.165) is 23.5 Å². The van der Waals surface area contributed by atoms with Gasteiger partial charge in [-0.2, -0.15) is 0 Å². The van der Waals surface area contributed by atoms with Gasteiger partial charge in [0.25, 0.3) is 0 Å². The summed E-state index contributed by atoms with van der Waals surface area (Å²) in [6.07, 6.45) is 10.5. The zero-order valence-electron chi connectivity index (χ0n) is 40.3. The maximum absolute atomic E-state index is 2.61. The summed E-state index contributed by atoms with van der Waals surface area (Å²) in [5.41, 5.74) is 16.6. The van der Waals surface area contributed by atoms with Crippen LogP contribution in [0.4, 0.5) is 28.4 Å². The minimum atomic E-state index is 0.145. The molecular formula is C71H50N2. The Hall–Kier alpha value is -9.24. The first-order chi connectivity index (χ1) is 36.2. The highest BCUT2D eigenvalue weighted by atomic mass is 15.2. The third kappa shape index (κ3) is 7.42. The van der Waals surface area contributed by atoms with E-state index in [1.54, 1.807) is 0 Å². The molecule has 0 amide bonds. The molecule has 14 rings (SSSR count). The average molecular weight is 931 g/mol. The second kappa shape index (κ2) is 17.9. The van der Waals surface area contributed by atoms with Crippen LogP contribution in [-0.4, -0.2) is 6.04 Å². The summed E-state index contributed by atoms with van der Waals surface area (Å²) in [6.45, 7) is 0. The van der Waals surface area contributed by atoms with Crippen LogP contribution in [0.15, 0.2) is 279 Å². The van der Waals surface area contributed by atoms with Crippen LogP contribution in [0.5, 0.6) is 0 Å². The molecule has 2 nitrogen and oxygen atoms in total. The Labute approximate surface area is 426 Å². The second-order valence-electron chi connectivity index (χ2n) is 19.5. The van der Waals surface area contributed by atoms with Crippen molar-refractivity contribution in [3.8, 4) is 44.5 Å². The molecule has 2 atom stereocenters. The summed E-state index contributed by atoms with van der Waals surface area (Å²) in [7, 11) is 0. The number of anilines is 5. The SMILES string of the molecule is C1=CC2c3cc4ccccc4cc3N(c3ccccc3-c3ccc(N(c4ccc(-c5cc6ccccc6c6ccccc56)cc4)c4cccc(-c5cccc6ccccc56)c4)cc3-c3ccccc3)C2C=CC1. The van der Waals surface area contributed by atoms with Crippen molar-refractivity contribution in [1.29, 1.82) is 0 Å². The van der Waals surface area contributed by atoms with Gasteiger partial charge in [-0.1, -0.05) is 218 Å². The van der Waals surface area contributed by atoms with Gasteiger partial charge in [-0.3, -0.25) is 0 Å². The fourth-order valence-electron chi connectivity index (χ4n) is 12.0. The van der Waals surface area contributed by atoms with Crippen molar-refractivity contribution < 1.29 is 0 Å². The topological polar surface area (TPSA) is 6.48 Å². The molecule has 0 N–H and O–H groups in total. The Kier molecular flexibility index (Phi) is 10.4. The molecule has 1 aliphatic heterocycles. The number of hydrogen-bond donors (Lipinski definition) is 0. The van der Waals surface area contributed by atoms with Crippen LogP contribution >= 0.6 is 0 Å². The van der Waals surface area contributed by atoms with Crippen molar-refractivity contribution in [2.24, 2.45) is 0 Å². The lowest BCUT2D eigenvalue weighted by molar-refractivity contribution is 0.756. The summed E-state index contributed by atoms with van der Waals surface area (Å²) < 4.78 is 0. The van der Waals surface area contributed by atoms with E-state index in [1.807, 2.05) is 0 Å². The van der Waals surface area contributed by atoms with Crippen LogP contribution in [0.3, 0.4) is 0 Å². The van der Waals surface area contributed by atoms with Gasteiger partial charge in [-0.15, -0.1) is 0 Å². The fraction of sp³-hybridized carbons (Fsp3) is 0.0423. The van der Waals surface area contributed by atoms with Crippen LogP contribution < -0.4 is 9.80 Å². The molecule has 0 radical (unpaired) electrons. The molecule has 73 heavy (non-hydrogen) atoms. The molecule has 0 bridgehead atoms. The van der Waals surface area contributed by atoms with Gasteiger partial charge in [0.2, 0.25) is 0 Å². The number of fused-ring (bicyclic) bond motifs is 8.